The fraction of sp³-hybridized carbons (Fsp3) is 0.808. The number of esters is 1. The molecule has 1 aliphatic rings. The molecule has 180 valence electrons. The Hall–Kier alpha value is -1.17. The lowest BCUT2D eigenvalue weighted by molar-refractivity contribution is -0.147. The van der Waals surface area contributed by atoms with E-state index in [9.17, 15) is 9.90 Å². The fourth-order valence-electron chi connectivity index (χ4n) is 4.17. The molecule has 0 aromatic rings. The van der Waals surface area contributed by atoms with Gasteiger partial charge in [0.25, 0.3) is 0 Å². The topological polar surface area (TPSA) is 76.0 Å². The van der Waals surface area contributed by atoms with Crippen molar-refractivity contribution in [3.05, 3.63) is 24.3 Å². The summed E-state index contributed by atoms with van der Waals surface area (Å²) < 4.78 is 11.2. The number of ether oxygens (including phenoxy) is 2. The minimum absolute atomic E-state index is 0.0553. The highest BCUT2D eigenvalue weighted by Crippen LogP contribution is 2.38. The van der Waals surface area contributed by atoms with Crippen LogP contribution in [0.5, 0.6) is 0 Å². The summed E-state index contributed by atoms with van der Waals surface area (Å²) in [4.78, 5) is 11.6. The van der Waals surface area contributed by atoms with Gasteiger partial charge in [0, 0.05) is 32.0 Å². The predicted octanol–water partition coefficient (Wildman–Crippen LogP) is 5.35. The van der Waals surface area contributed by atoms with E-state index in [1.807, 2.05) is 13.8 Å². The highest BCUT2D eigenvalue weighted by atomic mass is 16.5. The summed E-state index contributed by atoms with van der Waals surface area (Å²) in [5.74, 6) is 0.284. The molecule has 0 aromatic heterocycles. The van der Waals surface area contributed by atoms with Gasteiger partial charge in [-0.15, -0.1) is 0 Å². The van der Waals surface area contributed by atoms with Crippen LogP contribution in [-0.4, -0.2) is 47.7 Å². The first-order valence-electron chi connectivity index (χ1n) is 12.4. The average molecular weight is 439 g/mol. The Labute approximate surface area is 189 Å². The summed E-state index contributed by atoms with van der Waals surface area (Å²) in [5.41, 5.74) is 0. The molecule has 1 aliphatic carbocycles. The number of allylic oxidation sites excluding steroid dienone is 3. The van der Waals surface area contributed by atoms with Crippen molar-refractivity contribution in [1.82, 2.24) is 0 Å². The highest BCUT2D eigenvalue weighted by Gasteiger charge is 2.40. The first kappa shape index (κ1) is 27.9. The second kappa shape index (κ2) is 17.4. The number of unbranched alkanes of at least 4 members (excludes halogenated alkanes) is 5. The molecule has 0 saturated heterocycles. The van der Waals surface area contributed by atoms with Crippen LogP contribution in [0.1, 0.15) is 91.4 Å². The molecular formula is C26H46O5. The van der Waals surface area contributed by atoms with E-state index >= 15 is 0 Å². The molecule has 1 rings (SSSR count). The SMILES string of the molecule is CCCO[C@@H]1C[C@H](O)C(C/C=C\CCCC(=O)OC(C)C)[C@H]1/C=C/CCCCCCO. The molecule has 4 atom stereocenters. The van der Waals surface area contributed by atoms with Crippen molar-refractivity contribution in [2.45, 2.75) is 110 Å². The Morgan fingerprint density at radius 2 is 1.81 bits per heavy atom. The summed E-state index contributed by atoms with van der Waals surface area (Å²) in [6.45, 7) is 6.86. The number of aliphatic hydroxyl groups is 2. The lowest BCUT2D eigenvalue weighted by atomic mass is 9.89. The Bertz CT molecular complexity index is 514. The summed E-state index contributed by atoms with van der Waals surface area (Å²) in [5, 5.41) is 19.5. The third kappa shape index (κ3) is 12.4. The number of carbonyl (C=O) groups excluding carboxylic acids is 1. The van der Waals surface area contributed by atoms with Gasteiger partial charge < -0.3 is 19.7 Å². The van der Waals surface area contributed by atoms with E-state index in [1.54, 1.807) is 0 Å². The summed E-state index contributed by atoms with van der Waals surface area (Å²) >= 11 is 0. The molecule has 0 spiro atoms. The minimum Gasteiger partial charge on any atom is -0.463 e. The van der Waals surface area contributed by atoms with Crippen LogP contribution in [0.15, 0.2) is 24.3 Å². The molecule has 1 saturated carbocycles. The zero-order chi connectivity index (χ0) is 22.9. The molecule has 0 aliphatic heterocycles. The third-order valence-corrected chi connectivity index (χ3v) is 5.76. The molecule has 2 N–H and O–H groups in total. The van der Waals surface area contributed by atoms with E-state index in [-0.39, 0.29) is 42.7 Å². The van der Waals surface area contributed by atoms with Gasteiger partial charge in [0.15, 0.2) is 0 Å². The van der Waals surface area contributed by atoms with Crippen molar-refractivity contribution in [2.75, 3.05) is 13.2 Å². The Morgan fingerprint density at radius 1 is 1.06 bits per heavy atom. The maximum atomic E-state index is 11.6. The van der Waals surface area contributed by atoms with Gasteiger partial charge >= 0.3 is 5.97 Å². The Balaban J connectivity index is 2.48. The molecule has 1 fully saturated rings. The van der Waals surface area contributed by atoms with Crippen molar-refractivity contribution < 1.29 is 24.5 Å². The zero-order valence-electron chi connectivity index (χ0n) is 20.0. The standard InChI is InChI=1S/C26H46O5/c1-4-19-30-25-20-24(28)22(23(25)16-12-7-5-6-10-14-18-27)15-11-8-9-13-17-26(29)31-21(2)3/h8,11-12,16,21-25,27-28H,4-7,9-10,13-15,17-20H2,1-3H3/b11-8-,16-12+/t22?,23-,24+,25-/m1/s1. The van der Waals surface area contributed by atoms with Crippen molar-refractivity contribution in [3.63, 3.8) is 0 Å². The van der Waals surface area contributed by atoms with Crippen LogP contribution in [0.2, 0.25) is 0 Å². The monoisotopic (exact) mass is 438 g/mol. The number of rotatable bonds is 17. The van der Waals surface area contributed by atoms with Gasteiger partial charge in [0.05, 0.1) is 18.3 Å². The van der Waals surface area contributed by atoms with E-state index in [2.05, 4.69) is 31.2 Å². The lowest BCUT2D eigenvalue weighted by Gasteiger charge is -2.22. The molecule has 5 heteroatoms. The van der Waals surface area contributed by atoms with Crippen LogP contribution in [0.25, 0.3) is 0 Å². The van der Waals surface area contributed by atoms with Crippen LogP contribution < -0.4 is 0 Å². The summed E-state index contributed by atoms with van der Waals surface area (Å²) in [6.07, 6.45) is 18.4. The van der Waals surface area contributed by atoms with Crippen LogP contribution in [0, 0.1) is 11.8 Å². The largest absolute Gasteiger partial charge is 0.463 e. The molecule has 0 bridgehead atoms. The highest BCUT2D eigenvalue weighted by molar-refractivity contribution is 5.69. The zero-order valence-corrected chi connectivity index (χ0v) is 20.0. The molecule has 5 nitrogen and oxygen atoms in total. The van der Waals surface area contributed by atoms with E-state index in [0.29, 0.717) is 12.8 Å². The lowest BCUT2D eigenvalue weighted by Crippen LogP contribution is -2.22. The van der Waals surface area contributed by atoms with Crippen molar-refractivity contribution in [2.24, 2.45) is 11.8 Å². The summed E-state index contributed by atoms with van der Waals surface area (Å²) in [7, 11) is 0. The molecule has 31 heavy (non-hydrogen) atoms. The number of carbonyl (C=O) groups is 1. The normalized spacial score (nSPS) is 24.1. The molecule has 0 heterocycles. The second-order valence-electron chi connectivity index (χ2n) is 8.95. The predicted molar refractivity (Wildman–Crippen MR) is 126 cm³/mol. The van der Waals surface area contributed by atoms with Crippen LogP contribution in [0.4, 0.5) is 0 Å². The maximum absolute atomic E-state index is 11.6. The van der Waals surface area contributed by atoms with Crippen LogP contribution >= 0.6 is 0 Å². The van der Waals surface area contributed by atoms with E-state index in [4.69, 9.17) is 14.6 Å². The molecule has 0 radical (unpaired) electrons. The van der Waals surface area contributed by atoms with E-state index < -0.39 is 0 Å². The van der Waals surface area contributed by atoms with Gasteiger partial charge in [-0.25, -0.2) is 0 Å². The minimum atomic E-state index is -0.341. The number of aliphatic hydroxyl groups excluding tert-OH is 2. The van der Waals surface area contributed by atoms with Gasteiger partial charge in [0.1, 0.15) is 0 Å². The molecular weight excluding hydrogens is 392 g/mol. The molecule has 0 amide bonds. The number of hydrogen-bond acceptors (Lipinski definition) is 5. The number of hydrogen-bond donors (Lipinski definition) is 2. The first-order valence-corrected chi connectivity index (χ1v) is 12.4. The first-order chi connectivity index (χ1) is 15.0. The van der Waals surface area contributed by atoms with Gasteiger partial charge in [-0.1, -0.05) is 44.1 Å². The van der Waals surface area contributed by atoms with Crippen molar-refractivity contribution in [3.8, 4) is 0 Å². The van der Waals surface area contributed by atoms with Gasteiger partial charge in [-0.3, -0.25) is 4.79 Å². The fourth-order valence-corrected chi connectivity index (χ4v) is 4.17. The van der Waals surface area contributed by atoms with E-state index in [1.165, 1.54) is 0 Å². The molecule has 0 aromatic carbocycles. The Kier molecular flexibility index (Phi) is 15.6. The average Bonchev–Trinajstić information content (AvgIpc) is 3.02. The third-order valence-electron chi connectivity index (χ3n) is 5.76. The Morgan fingerprint density at radius 3 is 2.52 bits per heavy atom. The second-order valence-corrected chi connectivity index (χ2v) is 8.95. The van der Waals surface area contributed by atoms with Crippen LogP contribution in [0.3, 0.4) is 0 Å². The quantitative estimate of drug-likeness (QED) is 0.182. The van der Waals surface area contributed by atoms with Gasteiger partial charge in [-0.05, 0) is 64.7 Å². The van der Waals surface area contributed by atoms with Crippen molar-refractivity contribution in [1.29, 1.82) is 0 Å². The van der Waals surface area contributed by atoms with Crippen molar-refractivity contribution >= 4 is 5.97 Å². The maximum Gasteiger partial charge on any atom is 0.306 e. The van der Waals surface area contributed by atoms with Gasteiger partial charge in [0.2, 0.25) is 0 Å². The summed E-state index contributed by atoms with van der Waals surface area (Å²) in [6, 6.07) is 0. The van der Waals surface area contributed by atoms with E-state index in [0.717, 1.165) is 64.4 Å². The van der Waals surface area contributed by atoms with Crippen LogP contribution in [-0.2, 0) is 14.3 Å². The molecule has 1 unspecified atom stereocenters. The van der Waals surface area contributed by atoms with Gasteiger partial charge in [-0.2, -0.15) is 0 Å². The smallest absolute Gasteiger partial charge is 0.306 e.